The van der Waals surface area contributed by atoms with Crippen molar-refractivity contribution >= 4 is 18.8 Å². The number of allylic oxidation sites excluding steroid dienone is 3. The lowest BCUT2D eigenvalue weighted by atomic mass is 10.0. The van der Waals surface area contributed by atoms with Gasteiger partial charge in [0.1, 0.15) is 8.07 Å². The minimum absolute atomic E-state index is 1.07. The number of rotatable bonds is 2. The van der Waals surface area contributed by atoms with Gasteiger partial charge in [0, 0.05) is 10.8 Å². The van der Waals surface area contributed by atoms with Crippen LogP contribution < -0.4 is 0 Å². The van der Waals surface area contributed by atoms with Crippen LogP contribution in [0.5, 0.6) is 0 Å². The predicted octanol–water partition coefficient (Wildman–Crippen LogP) is 6.38. The Kier molecular flexibility index (Phi) is 4.67. The second-order valence-corrected chi connectivity index (χ2v) is 11.6. The Hall–Kier alpha value is -3.08. The highest BCUT2D eigenvalue weighted by Gasteiger charge is 2.37. The highest BCUT2D eigenvalue weighted by Crippen LogP contribution is 2.43. The lowest BCUT2D eigenvalue weighted by molar-refractivity contribution is 1.61. The van der Waals surface area contributed by atoms with Gasteiger partial charge < -0.3 is 0 Å². The van der Waals surface area contributed by atoms with Crippen LogP contribution in [-0.4, -0.2) is 8.07 Å². The molecule has 0 N–H and O–H groups in total. The summed E-state index contributed by atoms with van der Waals surface area (Å²) >= 11 is 0. The van der Waals surface area contributed by atoms with Gasteiger partial charge >= 0.3 is 0 Å². The smallest absolute Gasteiger partial charge is 0.0696 e. The molecule has 27 heavy (non-hydrogen) atoms. The summed E-state index contributed by atoms with van der Waals surface area (Å²) < 4.78 is 0. The van der Waals surface area contributed by atoms with Crippen LogP contribution in [0.3, 0.4) is 0 Å². The van der Waals surface area contributed by atoms with Gasteiger partial charge in [-0.15, -0.1) is 0 Å². The predicted molar refractivity (Wildman–Crippen MR) is 119 cm³/mol. The van der Waals surface area contributed by atoms with Crippen molar-refractivity contribution in [1.29, 1.82) is 0 Å². The molecule has 0 saturated carbocycles. The molecule has 0 fully saturated rings. The first-order valence-electron chi connectivity index (χ1n) is 9.31. The van der Waals surface area contributed by atoms with Crippen LogP contribution in [0.1, 0.15) is 16.7 Å². The lowest BCUT2D eigenvalue weighted by Gasteiger charge is -2.22. The summed E-state index contributed by atoms with van der Waals surface area (Å²) in [7, 11) is -1.87. The molecule has 1 aliphatic rings. The number of hydrogen-bond donors (Lipinski definition) is 0. The Labute approximate surface area is 162 Å². The van der Waals surface area contributed by atoms with Crippen molar-refractivity contribution in [2.24, 2.45) is 0 Å². The molecule has 1 aliphatic heterocycles. The van der Waals surface area contributed by atoms with Crippen molar-refractivity contribution in [3.05, 3.63) is 119 Å². The van der Waals surface area contributed by atoms with Gasteiger partial charge in [-0.2, -0.15) is 0 Å². The Morgan fingerprint density at radius 1 is 0.593 bits per heavy atom. The fourth-order valence-corrected chi connectivity index (χ4v) is 6.58. The van der Waals surface area contributed by atoms with E-state index in [9.17, 15) is 0 Å². The summed E-state index contributed by atoms with van der Waals surface area (Å²) in [6.07, 6.45) is 2.38. The van der Waals surface area contributed by atoms with Crippen LogP contribution in [0, 0.1) is 11.8 Å². The van der Waals surface area contributed by atoms with Crippen LogP contribution in [0.15, 0.2) is 102 Å². The number of benzene rings is 3. The Morgan fingerprint density at radius 2 is 1.11 bits per heavy atom. The molecule has 3 aromatic carbocycles. The van der Waals surface area contributed by atoms with Gasteiger partial charge in [-0.25, -0.2) is 0 Å². The summed E-state index contributed by atoms with van der Waals surface area (Å²) in [5, 5.41) is 2.77. The van der Waals surface area contributed by atoms with Crippen LogP contribution in [-0.2, 0) is 0 Å². The molecule has 0 radical (unpaired) electrons. The van der Waals surface area contributed by atoms with Gasteiger partial charge in [0.15, 0.2) is 0 Å². The lowest BCUT2D eigenvalue weighted by Crippen LogP contribution is -2.28. The van der Waals surface area contributed by atoms with E-state index in [0.29, 0.717) is 0 Å². The molecule has 1 heteroatoms. The summed E-state index contributed by atoms with van der Waals surface area (Å²) in [6, 6.07) is 31.7. The Bertz CT molecular complexity index is 1060. The van der Waals surface area contributed by atoms with Gasteiger partial charge in [-0.1, -0.05) is 110 Å². The van der Waals surface area contributed by atoms with E-state index >= 15 is 0 Å². The quantitative estimate of drug-likeness (QED) is 0.367. The minimum atomic E-state index is -1.87. The molecule has 0 bridgehead atoms. The van der Waals surface area contributed by atoms with Crippen LogP contribution >= 0.6 is 0 Å². The van der Waals surface area contributed by atoms with Crippen molar-refractivity contribution in [3.8, 4) is 11.8 Å². The van der Waals surface area contributed by atoms with E-state index in [4.69, 9.17) is 0 Å². The molecule has 0 nitrogen and oxygen atoms in total. The highest BCUT2D eigenvalue weighted by atomic mass is 28.3. The maximum Gasteiger partial charge on any atom is 0.124 e. The van der Waals surface area contributed by atoms with Crippen LogP contribution in [0.2, 0.25) is 13.1 Å². The van der Waals surface area contributed by atoms with Gasteiger partial charge in [0.25, 0.3) is 0 Å². The van der Waals surface area contributed by atoms with E-state index in [0.717, 1.165) is 5.56 Å². The molecule has 130 valence electrons. The van der Waals surface area contributed by atoms with E-state index in [1.54, 1.807) is 0 Å². The minimum Gasteiger partial charge on any atom is -0.0696 e. The van der Waals surface area contributed by atoms with E-state index in [-0.39, 0.29) is 0 Å². The molecule has 0 unspecified atom stereocenters. The first-order chi connectivity index (χ1) is 13.2. The SMILES string of the molecule is C[Si]1(C)C(c2ccccc2)=CC(c2ccccc2)=C1C#Cc1ccccc1. The van der Waals surface area contributed by atoms with Gasteiger partial charge in [0.05, 0.1) is 0 Å². The Morgan fingerprint density at radius 3 is 1.70 bits per heavy atom. The molecule has 0 amide bonds. The molecular formula is C26H22Si. The first kappa shape index (κ1) is 17.3. The van der Waals surface area contributed by atoms with E-state index in [1.807, 2.05) is 18.2 Å². The van der Waals surface area contributed by atoms with Crippen molar-refractivity contribution in [3.63, 3.8) is 0 Å². The zero-order valence-electron chi connectivity index (χ0n) is 15.7. The standard InChI is InChI=1S/C26H22Si/c1-27(2)25(19-18-21-12-6-3-7-13-21)24(22-14-8-4-9-15-22)20-26(27)23-16-10-5-11-17-23/h3-17,20H,1-2H3. The maximum absolute atomic E-state index is 3.58. The molecule has 0 aromatic heterocycles. The number of hydrogen-bond acceptors (Lipinski definition) is 0. The Balaban J connectivity index is 1.86. The average molecular weight is 363 g/mol. The van der Waals surface area contributed by atoms with E-state index < -0.39 is 8.07 Å². The second-order valence-electron chi connectivity index (χ2n) is 7.32. The van der Waals surface area contributed by atoms with Crippen molar-refractivity contribution in [2.45, 2.75) is 13.1 Å². The first-order valence-corrected chi connectivity index (χ1v) is 12.3. The van der Waals surface area contributed by atoms with Crippen molar-refractivity contribution < 1.29 is 0 Å². The molecule has 3 aromatic rings. The average Bonchev–Trinajstić information content (AvgIpc) is 2.99. The van der Waals surface area contributed by atoms with E-state index in [2.05, 4.69) is 104 Å². The molecular weight excluding hydrogens is 340 g/mol. The molecule has 1 heterocycles. The van der Waals surface area contributed by atoms with Gasteiger partial charge in [-0.05, 0) is 34.0 Å². The van der Waals surface area contributed by atoms with Crippen molar-refractivity contribution in [2.75, 3.05) is 0 Å². The summed E-state index contributed by atoms with van der Waals surface area (Å²) in [4.78, 5) is 0. The zero-order valence-corrected chi connectivity index (χ0v) is 16.7. The maximum atomic E-state index is 3.58. The summed E-state index contributed by atoms with van der Waals surface area (Å²) in [5.74, 6) is 6.98. The summed E-state index contributed by atoms with van der Waals surface area (Å²) in [5.41, 5.74) is 4.92. The van der Waals surface area contributed by atoms with Crippen LogP contribution in [0.4, 0.5) is 0 Å². The monoisotopic (exact) mass is 362 g/mol. The zero-order chi connectivity index (χ0) is 18.7. The van der Waals surface area contributed by atoms with Crippen molar-refractivity contribution in [1.82, 2.24) is 0 Å². The molecule has 4 rings (SSSR count). The fourth-order valence-electron chi connectivity index (χ4n) is 3.66. The third kappa shape index (κ3) is 3.45. The molecule has 0 spiro atoms. The third-order valence-electron chi connectivity index (χ3n) is 5.13. The van der Waals surface area contributed by atoms with Gasteiger partial charge in [-0.3, -0.25) is 0 Å². The normalized spacial score (nSPS) is 15.1. The largest absolute Gasteiger partial charge is 0.124 e. The summed E-state index contributed by atoms with van der Waals surface area (Å²) in [6.45, 7) is 4.83. The van der Waals surface area contributed by atoms with Gasteiger partial charge in [0.2, 0.25) is 0 Å². The fraction of sp³-hybridized carbons (Fsp3) is 0.0769. The second kappa shape index (κ2) is 7.27. The van der Waals surface area contributed by atoms with E-state index in [1.165, 1.54) is 27.1 Å². The third-order valence-corrected chi connectivity index (χ3v) is 8.56. The molecule has 0 saturated heterocycles. The molecule has 0 atom stereocenters. The topological polar surface area (TPSA) is 0 Å². The van der Waals surface area contributed by atoms with Crippen LogP contribution in [0.25, 0.3) is 10.8 Å². The highest BCUT2D eigenvalue weighted by molar-refractivity contribution is 7.03. The molecule has 0 aliphatic carbocycles.